The van der Waals surface area contributed by atoms with Crippen LogP contribution in [0, 0.1) is 5.82 Å². The zero-order valence-corrected chi connectivity index (χ0v) is 15.0. The summed E-state index contributed by atoms with van der Waals surface area (Å²) in [4.78, 5) is 16.4. The lowest BCUT2D eigenvalue weighted by Gasteiger charge is -2.34. The highest BCUT2D eigenvalue weighted by atomic mass is 19.1. The van der Waals surface area contributed by atoms with E-state index in [1.54, 1.807) is 17.0 Å². The van der Waals surface area contributed by atoms with Crippen molar-refractivity contribution in [2.24, 2.45) is 0 Å². The Kier molecular flexibility index (Phi) is 6.07. The molecule has 6 heteroatoms. The first kappa shape index (κ1) is 18.2. The third kappa shape index (κ3) is 4.95. The highest BCUT2D eigenvalue weighted by molar-refractivity contribution is 5.89. The number of carbonyl (C=O) groups excluding carboxylic acids is 1. The molecule has 138 valence electrons. The Bertz CT molecular complexity index is 728. The molecule has 0 bridgehead atoms. The smallest absolute Gasteiger partial charge is 0.321 e. The fourth-order valence-electron chi connectivity index (χ4n) is 2.99. The number of nitrogens with one attached hydrogen (secondary N) is 1. The number of urea groups is 1. The van der Waals surface area contributed by atoms with Gasteiger partial charge >= 0.3 is 6.03 Å². The lowest BCUT2D eigenvalue weighted by molar-refractivity contribution is 0.143. The summed E-state index contributed by atoms with van der Waals surface area (Å²) in [7, 11) is 0. The Morgan fingerprint density at radius 3 is 2.50 bits per heavy atom. The molecule has 0 unspecified atom stereocenters. The summed E-state index contributed by atoms with van der Waals surface area (Å²) in [6.07, 6.45) is 0. The van der Waals surface area contributed by atoms with Gasteiger partial charge in [0.1, 0.15) is 11.6 Å². The highest BCUT2D eigenvalue weighted by Crippen LogP contribution is 2.15. The normalized spacial score (nSPS) is 14.9. The van der Waals surface area contributed by atoms with E-state index in [0.29, 0.717) is 25.4 Å². The molecule has 26 heavy (non-hydrogen) atoms. The molecule has 3 rings (SSSR count). The molecule has 1 heterocycles. The van der Waals surface area contributed by atoms with Gasteiger partial charge in [0.05, 0.1) is 6.61 Å². The van der Waals surface area contributed by atoms with Gasteiger partial charge in [-0.15, -0.1) is 0 Å². The van der Waals surface area contributed by atoms with Crippen LogP contribution in [0.4, 0.5) is 14.9 Å². The molecule has 5 nitrogen and oxygen atoms in total. The molecule has 0 aromatic heterocycles. The summed E-state index contributed by atoms with van der Waals surface area (Å²) in [6.45, 7) is 6.41. The predicted molar refractivity (Wildman–Crippen MR) is 99.9 cm³/mol. The maximum atomic E-state index is 13.2. The first-order valence-corrected chi connectivity index (χ1v) is 8.89. The van der Waals surface area contributed by atoms with Crippen molar-refractivity contribution in [3.05, 3.63) is 59.9 Å². The molecule has 1 aliphatic heterocycles. The van der Waals surface area contributed by atoms with Gasteiger partial charge in [-0.1, -0.05) is 18.2 Å². The van der Waals surface area contributed by atoms with Crippen LogP contribution in [0.2, 0.25) is 0 Å². The van der Waals surface area contributed by atoms with Crippen LogP contribution in [0.5, 0.6) is 5.75 Å². The molecule has 0 spiro atoms. The Morgan fingerprint density at radius 1 is 1.12 bits per heavy atom. The van der Waals surface area contributed by atoms with Crippen molar-refractivity contribution in [1.82, 2.24) is 9.80 Å². The lowest BCUT2D eigenvalue weighted by atomic mass is 10.2. The van der Waals surface area contributed by atoms with Gasteiger partial charge in [-0.2, -0.15) is 0 Å². The molecule has 0 aliphatic carbocycles. The molecule has 2 aromatic rings. The van der Waals surface area contributed by atoms with Gasteiger partial charge in [0, 0.05) is 38.4 Å². The van der Waals surface area contributed by atoms with Crippen molar-refractivity contribution < 1.29 is 13.9 Å². The molecule has 0 atom stereocenters. The van der Waals surface area contributed by atoms with E-state index >= 15 is 0 Å². The SMILES string of the molecule is CCOc1ccc(CN2CCN(C(=O)Nc3cccc(F)c3)CC2)cc1. The number of benzene rings is 2. The van der Waals surface area contributed by atoms with Crippen LogP contribution in [0.15, 0.2) is 48.5 Å². The van der Waals surface area contributed by atoms with Crippen molar-refractivity contribution in [1.29, 1.82) is 0 Å². The second-order valence-electron chi connectivity index (χ2n) is 6.28. The van der Waals surface area contributed by atoms with E-state index in [2.05, 4.69) is 22.3 Å². The first-order valence-electron chi connectivity index (χ1n) is 8.89. The maximum absolute atomic E-state index is 13.2. The summed E-state index contributed by atoms with van der Waals surface area (Å²) in [5.41, 5.74) is 1.71. The summed E-state index contributed by atoms with van der Waals surface area (Å²) >= 11 is 0. The average Bonchev–Trinajstić information content (AvgIpc) is 2.64. The molecular formula is C20H24FN3O2. The first-order chi connectivity index (χ1) is 12.6. The summed E-state index contributed by atoms with van der Waals surface area (Å²) in [6, 6.07) is 13.9. The van der Waals surface area contributed by atoms with Crippen LogP contribution in [0.1, 0.15) is 12.5 Å². The fraction of sp³-hybridized carbons (Fsp3) is 0.350. The molecule has 0 radical (unpaired) electrons. The van der Waals surface area contributed by atoms with Gasteiger partial charge < -0.3 is 15.0 Å². The van der Waals surface area contributed by atoms with Gasteiger partial charge in [-0.05, 0) is 42.8 Å². The monoisotopic (exact) mass is 357 g/mol. The molecule has 2 aromatic carbocycles. The maximum Gasteiger partial charge on any atom is 0.321 e. The average molecular weight is 357 g/mol. The van der Waals surface area contributed by atoms with Crippen molar-refractivity contribution >= 4 is 11.7 Å². The number of halogens is 1. The highest BCUT2D eigenvalue weighted by Gasteiger charge is 2.21. The van der Waals surface area contributed by atoms with E-state index in [-0.39, 0.29) is 11.8 Å². The number of ether oxygens (including phenoxy) is 1. The van der Waals surface area contributed by atoms with Crippen LogP contribution in [-0.2, 0) is 6.54 Å². The van der Waals surface area contributed by atoms with Gasteiger partial charge in [0.2, 0.25) is 0 Å². The predicted octanol–water partition coefficient (Wildman–Crippen LogP) is 3.57. The van der Waals surface area contributed by atoms with Gasteiger partial charge in [0.25, 0.3) is 0 Å². The largest absolute Gasteiger partial charge is 0.494 e. The second-order valence-corrected chi connectivity index (χ2v) is 6.28. The topological polar surface area (TPSA) is 44.8 Å². The molecule has 1 saturated heterocycles. The number of hydrogen-bond acceptors (Lipinski definition) is 3. The van der Waals surface area contributed by atoms with Crippen LogP contribution >= 0.6 is 0 Å². The molecule has 1 fully saturated rings. The number of carbonyl (C=O) groups is 1. The number of nitrogens with zero attached hydrogens (tertiary/aromatic N) is 2. The third-order valence-electron chi connectivity index (χ3n) is 4.38. The summed E-state index contributed by atoms with van der Waals surface area (Å²) in [5.74, 6) is 0.526. The Balaban J connectivity index is 1.47. The van der Waals surface area contributed by atoms with Crippen LogP contribution in [-0.4, -0.2) is 48.6 Å². The summed E-state index contributed by atoms with van der Waals surface area (Å²) in [5, 5.41) is 2.75. The Hall–Kier alpha value is -2.60. The standard InChI is InChI=1S/C20H24FN3O2/c1-2-26-19-8-6-16(7-9-19)15-23-10-12-24(13-11-23)20(25)22-18-5-3-4-17(21)14-18/h3-9,14H,2,10-13,15H2,1H3,(H,22,25). The van der Waals surface area contributed by atoms with Gasteiger partial charge in [-0.3, -0.25) is 4.90 Å². The Morgan fingerprint density at radius 2 is 1.85 bits per heavy atom. The lowest BCUT2D eigenvalue weighted by Crippen LogP contribution is -2.49. The fourth-order valence-corrected chi connectivity index (χ4v) is 2.99. The summed E-state index contributed by atoms with van der Waals surface area (Å²) < 4.78 is 18.7. The van der Waals surface area contributed by atoms with Crippen molar-refractivity contribution in [3.8, 4) is 5.75 Å². The minimum absolute atomic E-state index is 0.184. The third-order valence-corrected chi connectivity index (χ3v) is 4.38. The minimum Gasteiger partial charge on any atom is -0.494 e. The molecule has 2 amide bonds. The van der Waals surface area contributed by atoms with Gasteiger partial charge in [0.15, 0.2) is 0 Å². The number of rotatable bonds is 5. The van der Waals surface area contributed by atoms with Crippen molar-refractivity contribution in [2.75, 3.05) is 38.1 Å². The van der Waals surface area contributed by atoms with E-state index in [1.165, 1.54) is 17.7 Å². The second kappa shape index (κ2) is 8.67. The molecular weight excluding hydrogens is 333 g/mol. The van der Waals surface area contributed by atoms with Crippen LogP contribution < -0.4 is 10.1 Å². The van der Waals surface area contributed by atoms with Crippen molar-refractivity contribution in [3.63, 3.8) is 0 Å². The molecule has 1 N–H and O–H groups in total. The zero-order chi connectivity index (χ0) is 18.4. The van der Waals surface area contributed by atoms with E-state index in [1.807, 2.05) is 19.1 Å². The van der Waals surface area contributed by atoms with E-state index in [9.17, 15) is 9.18 Å². The van der Waals surface area contributed by atoms with Crippen LogP contribution in [0.3, 0.4) is 0 Å². The zero-order valence-electron chi connectivity index (χ0n) is 15.0. The molecule has 1 aliphatic rings. The quantitative estimate of drug-likeness (QED) is 0.890. The molecule has 0 saturated carbocycles. The minimum atomic E-state index is -0.358. The van der Waals surface area contributed by atoms with E-state index < -0.39 is 0 Å². The van der Waals surface area contributed by atoms with E-state index in [0.717, 1.165) is 25.4 Å². The number of amides is 2. The number of hydrogen-bond donors (Lipinski definition) is 1. The Labute approximate surface area is 153 Å². The van der Waals surface area contributed by atoms with E-state index in [4.69, 9.17) is 4.74 Å². The van der Waals surface area contributed by atoms with Crippen molar-refractivity contribution in [2.45, 2.75) is 13.5 Å². The number of anilines is 1. The van der Waals surface area contributed by atoms with Crippen LogP contribution in [0.25, 0.3) is 0 Å². The van der Waals surface area contributed by atoms with Gasteiger partial charge in [-0.25, -0.2) is 9.18 Å². The number of piperazine rings is 1.